The minimum atomic E-state index is -0.971. The average Bonchev–Trinajstić information content (AvgIpc) is 2.52. The lowest BCUT2D eigenvalue weighted by Gasteiger charge is -2.05. The SMILES string of the molecule is CCCCOc1ccccc1[I+]/C(C(=O)OC)=C(/O)OC. The molecule has 0 bridgehead atoms. The lowest BCUT2D eigenvalue weighted by Crippen LogP contribution is -3.61. The summed E-state index contributed by atoms with van der Waals surface area (Å²) in [7, 11) is 2.59. The van der Waals surface area contributed by atoms with Gasteiger partial charge in [0.15, 0.2) is 5.75 Å². The average molecular weight is 407 g/mol. The number of carbonyl (C=O) groups excluding carboxylic acids is 1. The third kappa shape index (κ3) is 5.45. The van der Waals surface area contributed by atoms with E-state index in [2.05, 4.69) is 6.92 Å². The fourth-order valence-corrected chi connectivity index (χ4v) is 3.87. The first-order valence-electron chi connectivity index (χ1n) is 6.56. The largest absolute Gasteiger partial charge is 0.489 e. The Balaban J connectivity index is 2.96. The summed E-state index contributed by atoms with van der Waals surface area (Å²) in [5, 5.41) is 9.73. The molecule has 0 heterocycles. The molecule has 0 unspecified atom stereocenters. The lowest BCUT2D eigenvalue weighted by molar-refractivity contribution is -0.576. The highest BCUT2D eigenvalue weighted by Gasteiger charge is 2.36. The number of rotatable bonds is 8. The zero-order valence-corrected chi connectivity index (χ0v) is 14.5. The fraction of sp³-hybridized carbons (Fsp3) is 0.400. The van der Waals surface area contributed by atoms with E-state index in [0.29, 0.717) is 6.61 Å². The van der Waals surface area contributed by atoms with Gasteiger partial charge in [-0.15, -0.1) is 0 Å². The van der Waals surface area contributed by atoms with Gasteiger partial charge in [-0.25, -0.2) is 4.79 Å². The van der Waals surface area contributed by atoms with Crippen LogP contribution in [-0.4, -0.2) is 31.9 Å². The maximum absolute atomic E-state index is 11.8. The molecule has 6 heteroatoms. The molecule has 0 fully saturated rings. The van der Waals surface area contributed by atoms with Crippen LogP contribution in [0.15, 0.2) is 33.8 Å². The van der Waals surface area contributed by atoms with Gasteiger partial charge in [0.25, 0.3) is 0 Å². The van der Waals surface area contributed by atoms with Gasteiger partial charge in [-0.1, -0.05) is 25.5 Å². The number of aliphatic hydroxyl groups excluding tert-OH is 1. The zero-order chi connectivity index (χ0) is 15.7. The number of para-hydroxylation sites is 1. The van der Waals surface area contributed by atoms with Crippen LogP contribution in [0.3, 0.4) is 0 Å². The molecule has 0 saturated carbocycles. The van der Waals surface area contributed by atoms with Crippen molar-refractivity contribution in [2.45, 2.75) is 19.8 Å². The molecule has 0 amide bonds. The monoisotopic (exact) mass is 407 g/mol. The van der Waals surface area contributed by atoms with Crippen LogP contribution < -0.4 is 25.9 Å². The summed E-state index contributed by atoms with van der Waals surface area (Å²) in [6, 6.07) is 7.51. The maximum atomic E-state index is 11.8. The molecular formula is C15H20IO5+. The van der Waals surface area contributed by atoms with Crippen LogP contribution in [0.5, 0.6) is 5.75 Å². The highest BCUT2D eigenvalue weighted by molar-refractivity contribution is 5.85. The van der Waals surface area contributed by atoms with Crippen LogP contribution in [0.1, 0.15) is 19.8 Å². The molecule has 21 heavy (non-hydrogen) atoms. The van der Waals surface area contributed by atoms with Crippen molar-refractivity contribution >= 4 is 5.97 Å². The normalized spacial score (nSPS) is 11.6. The van der Waals surface area contributed by atoms with Crippen molar-refractivity contribution in [1.29, 1.82) is 0 Å². The Labute approximate surface area is 135 Å². The Morgan fingerprint density at radius 1 is 1.24 bits per heavy atom. The van der Waals surface area contributed by atoms with Gasteiger partial charge >= 0.3 is 36.7 Å². The highest BCUT2D eigenvalue weighted by atomic mass is 127. The van der Waals surface area contributed by atoms with Gasteiger partial charge < -0.3 is 19.3 Å². The summed E-state index contributed by atoms with van der Waals surface area (Å²) >= 11 is -0.971. The summed E-state index contributed by atoms with van der Waals surface area (Å²) < 4.78 is 16.3. The van der Waals surface area contributed by atoms with Crippen molar-refractivity contribution in [3.05, 3.63) is 37.4 Å². The van der Waals surface area contributed by atoms with E-state index in [9.17, 15) is 9.90 Å². The van der Waals surface area contributed by atoms with Crippen LogP contribution in [0.2, 0.25) is 0 Å². The van der Waals surface area contributed by atoms with E-state index < -0.39 is 33.1 Å². The van der Waals surface area contributed by atoms with E-state index in [4.69, 9.17) is 14.2 Å². The second kappa shape index (κ2) is 9.49. The summed E-state index contributed by atoms with van der Waals surface area (Å²) in [6.07, 6.45) is 2.02. The van der Waals surface area contributed by atoms with E-state index in [0.717, 1.165) is 22.2 Å². The number of unbranched alkanes of at least 4 members (excludes halogenated alkanes) is 1. The van der Waals surface area contributed by atoms with Gasteiger partial charge in [-0.2, -0.15) is 0 Å². The molecule has 5 nitrogen and oxygen atoms in total. The van der Waals surface area contributed by atoms with Gasteiger partial charge in [0, 0.05) is 0 Å². The van der Waals surface area contributed by atoms with Crippen LogP contribution in [0.4, 0.5) is 0 Å². The van der Waals surface area contributed by atoms with Crippen molar-refractivity contribution in [2.24, 2.45) is 0 Å². The zero-order valence-electron chi connectivity index (χ0n) is 12.4. The molecule has 0 atom stereocenters. The van der Waals surface area contributed by atoms with Crippen molar-refractivity contribution in [2.75, 3.05) is 20.8 Å². The minimum absolute atomic E-state index is 0.172. The number of halogens is 1. The van der Waals surface area contributed by atoms with E-state index in [1.807, 2.05) is 24.3 Å². The third-order valence-corrected chi connectivity index (χ3v) is 5.45. The van der Waals surface area contributed by atoms with Crippen LogP contribution >= 0.6 is 0 Å². The van der Waals surface area contributed by atoms with E-state index in [-0.39, 0.29) is 3.58 Å². The van der Waals surface area contributed by atoms with Crippen molar-refractivity contribution in [3.63, 3.8) is 0 Å². The molecule has 0 aliphatic rings. The topological polar surface area (TPSA) is 65.0 Å². The van der Waals surface area contributed by atoms with Crippen molar-refractivity contribution in [1.82, 2.24) is 0 Å². The number of ether oxygens (including phenoxy) is 3. The molecule has 1 rings (SSSR count). The quantitative estimate of drug-likeness (QED) is 0.210. The van der Waals surface area contributed by atoms with Crippen LogP contribution in [-0.2, 0) is 14.3 Å². The van der Waals surface area contributed by atoms with Gasteiger partial charge in [-0.05, 0) is 18.6 Å². The third-order valence-electron chi connectivity index (χ3n) is 2.53. The fourth-order valence-electron chi connectivity index (χ4n) is 1.41. The number of hydrogen-bond donors (Lipinski definition) is 1. The molecule has 0 radical (unpaired) electrons. The van der Waals surface area contributed by atoms with E-state index >= 15 is 0 Å². The van der Waals surface area contributed by atoms with E-state index in [1.165, 1.54) is 14.2 Å². The highest BCUT2D eigenvalue weighted by Crippen LogP contribution is 2.10. The molecule has 116 valence electrons. The second-order valence-corrected chi connectivity index (χ2v) is 6.82. The van der Waals surface area contributed by atoms with Crippen LogP contribution in [0.25, 0.3) is 0 Å². The standard InChI is InChI=1S/C15H19IO5/c1-4-5-10-21-12-9-7-6-8-11(12)16-13(14(17)19-2)15(18)20-3/h6-9H,4-5,10H2,1-3H3/p+1. The summed E-state index contributed by atoms with van der Waals surface area (Å²) in [6.45, 7) is 2.72. The Kier molecular flexibility index (Phi) is 7.96. The van der Waals surface area contributed by atoms with E-state index in [1.54, 1.807) is 0 Å². The number of esters is 1. The van der Waals surface area contributed by atoms with Gasteiger partial charge in [0.2, 0.25) is 3.57 Å². The minimum Gasteiger partial charge on any atom is -0.489 e. The number of benzene rings is 1. The first-order chi connectivity index (χ1) is 10.1. The van der Waals surface area contributed by atoms with Gasteiger partial charge in [0.1, 0.15) is 0 Å². The second-order valence-electron chi connectivity index (χ2n) is 4.04. The molecule has 0 saturated heterocycles. The molecule has 0 spiro atoms. The van der Waals surface area contributed by atoms with Gasteiger partial charge in [-0.3, -0.25) is 0 Å². The summed E-state index contributed by atoms with van der Waals surface area (Å²) in [5.41, 5.74) is 0. The Bertz CT molecular complexity index is 499. The molecular weight excluding hydrogens is 387 g/mol. The maximum Gasteiger partial charge on any atom is 0.392 e. The van der Waals surface area contributed by atoms with Crippen LogP contribution in [0, 0.1) is 3.57 Å². The first kappa shape index (κ1) is 17.6. The molecule has 0 aromatic heterocycles. The predicted octanol–water partition coefficient (Wildman–Crippen LogP) is -0.329. The molecule has 1 aromatic rings. The van der Waals surface area contributed by atoms with Crippen molar-refractivity contribution in [3.8, 4) is 5.75 Å². The smallest absolute Gasteiger partial charge is 0.392 e. The number of aliphatic hydroxyl groups is 1. The first-order valence-corrected chi connectivity index (χ1v) is 8.72. The summed E-state index contributed by atoms with van der Waals surface area (Å²) in [4.78, 5) is 11.8. The number of carbonyl (C=O) groups is 1. The Hall–Kier alpha value is -1.44. The molecule has 1 aromatic carbocycles. The Morgan fingerprint density at radius 3 is 2.57 bits per heavy atom. The van der Waals surface area contributed by atoms with Gasteiger partial charge in [0.05, 0.1) is 20.8 Å². The Morgan fingerprint density at radius 2 is 1.95 bits per heavy atom. The molecule has 1 N–H and O–H groups in total. The predicted molar refractivity (Wildman–Crippen MR) is 74.2 cm³/mol. The molecule has 0 aliphatic heterocycles. The lowest BCUT2D eigenvalue weighted by atomic mass is 10.3. The summed E-state index contributed by atoms with van der Waals surface area (Å²) in [5.74, 6) is -0.229. The molecule has 0 aliphatic carbocycles. The number of hydrogen-bond acceptors (Lipinski definition) is 5. The number of methoxy groups -OCH3 is 2. The van der Waals surface area contributed by atoms with Crippen molar-refractivity contribution < 1.29 is 45.3 Å².